The Balaban J connectivity index is 2.61. The van der Waals surface area contributed by atoms with Gasteiger partial charge in [0.1, 0.15) is 17.2 Å². The number of amides is 1. The molecule has 0 atom stereocenters. The Morgan fingerprint density at radius 2 is 2.05 bits per heavy atom. The number of benzene rings is 1. The molecule has 1 heterocycles. The lowest BCUT2D eigenvalue weighted by Crippen LogP contribution is -2.20. The molecule has 3 nitrogen and oxygen atoms in total. The Bertz CT molecular complexity index is 660. The first-order valence-corrected chi connectivity index (χ1v) is 5.62. The van der Waals surface area contributed by atoms with E-state index in [1.807, 2.05) is 6.07 Å². The summed E-state index contributed by atoms with van der Waals surface area (Å²) in [6.07, 6.45) is 5.33. The molecule has 0 fully saturated rings. The van der Waals surface area contributed by atoms with Crippen molar-refractivity contribution in [2.75, 3.05) is 7.05 Å². The summed E-state index contributed by atoms with van der Waals surface area (Å²) in [6.45, 7) is 0. The molecule has 1 aromatic carbocycles. The van der Waals surface area contributed by atoms with E-state index in [9.17, 15) is 9.18 Å². The summed E-state index contributed by atoms with van der Waals surface area (Å²) in [5.41, 5.74) is 0.933. The second-order valence-electron chi connectivity index (χ2n) is 3.80. The van der Waals surface area contributed by atoms with Crippen LogP contribution in [0.1, 0.15) is 16.1 Å². The fourth-order valence-electron chi connectivity index (χ4n) is 1.71. The highest BCUT2D eigenvalue weighted by atomic mass is 19.1. The summed E-state index contributed by atoms with van der Waals surface area (Å²) in [4.78, 5) is 15.6. The van der Waals surface area contributed by atoms with Gasteiger partial charge in [-0.15, -0.1) is 6.42 Å². The van der Waals surface area contributed by atoms with Gasteiger partial charge in [-0.25, -0.2) is 9.37 Å². The van der Waals surface area contributed by atoms with Crippen LogP contribution in [0.25, 0.3) is 11.3 Å². The van der Waals surface area contributed by atoms with Crippen LogP contribution in [0.5, 0.6) is 0 Å². The van der Waals surface area contributed by atoms with E-state index in [0.717, 1.165) is 6.07 Å². The van der Waals surface area contributed by atoms with Crippen molar-refractivity contribution in [2.24, 2.45) is 0 Å². The van der Waals surface area contributed by atoms with Crippen LogP contribution < -0.4 is 5.32 Å². The maximum atomic E-state index is 14.0. The zero-order valence-electron chi connectivity index (χ0n) is 10.3. The SMILES string of the molecule is C#Cc1nc(-c2ccccc2)c(F)cc1C(=O)NC. The zero-order chi connectivity index (χ0) is 13.8. The smallest absolute Gasteiger partial charge is 0.254 e. The largest absolute Gasteiger partial charge is 0.355 e. The number of terminal acetylenes is 1. The van der Waals surface area contributed by atoms with Gasteiger partial charge in [-0.05, 0) is 12.0 Å². The van der Waals surface area contributed by atoms with Crippen molar-refractivity contribution in [3.05, 3.63) is 53.5 Å². The maximum Gasteiger partial charge on any atom is 0.254 e. The molecule has 4 heteroatoms. The van der Waals surface area contributed by atoms with E-state index in [4.69, 9.17) is 6.42 Å². The van der Waals surface area contributed by atoms with Crippen molar-refractivity contribution in [3.8, 4) is 23.6 Å². The first kappa shape index (κ1) is 12.8. The Hall–Kier alpha value is -2.67. The third kappa shape index (κ3) is 2.45. The molecule has 0 saturated heterocycles. The number of pyridine rings is 1. The highest BCUT2D eigenvalue weighted by Gasteiger charge is 2.16. The quantitative estimate of drug-likeness (QED) is 0.835. The van der Waals surface area contributed by atoms with E-state index in [1.165, 1.54) is 7.05 Å². The van der Waals surface area contributed by atoms with Crippen LogP contribution in [0.2, 0.25) is 0 Å². The second kappa shape index (κ2) is 5.32. The molecule has 0 aliphatic rings. The number of aromatic nitrogens is 1. The lowest BCUT2D eigenvalue weighted by atomic mass is 10.1. The van der Waals surface area contributed by atoms with E-state index in [1.54, 1.807) is 24.3 Å². The average Bonchev–Trinajstić information content (AvgIpc) is 2.47. The Labute approximate surface area is 110 Å². The summed E-state index contributed by atoms with van der Waals surface area (Å²) in [5, 5.41) is 2.40. The predicted molar refractivity (Wildman–Crippen MR) is 71.0 cm³/mol. The van der Waals surface area contributed by atoms with E-state index in [-0.39, 0.29) is 17.0 Å². The van der Waals surface area contributed by atoms with Gasteiger partial charge >= 0.3 is 0 Å². The van der Waals surface area contributed by atoms with Gasteiger partial charge in [-0.1, -0.05) is 30.3 Å². The van der Waals surface area contributed by atoms with Crippen molar-refractivity contribution >= 4 is 5.91 Å². The number of halogens is 1. The standard InChI is InChI=1S/C15H11FN2O/c1-3-13-11(15(19)17-2)9-12(16)14(18-13)10-7-5-4-6-8-10/h1,4-9H,2H3,(H,17,19). The molecular formula is C15H11FN2O. The molecule has 0 radical (unpaired) electrons. The van der Waals surface area contributed by atoms with Gasteiger partial charge in [-0.2, -0.15) is 0 Å². The van der Waals surface area contributed by atoms with Crippen molar-refractivity contribution in [3.63, 3.8) is 0 Å². The monoisotopic (exact) mass is 254 g/mol. The van der Waals surface area contributed by atoms with Crippen LogP contribution in [-0.4, -0.2) is 17.9 Å². The van der Waals surface area contributed by atoms with E-state index < -0.39 is 11.7 Å². The molecule has 1 aromatic heterocycles. The zero-order valence-corrected chi connectivity index (χ0v) is 10.3. The molecule has 2 rings (SSSR count). The summed E-state index contributed by atoms with van der Waals surface area (Å²) in [5.74, 6) is 1.27. The molecule has 0 bridgehead atoms. The number of hydrogen-bond acceptors (Lipinski definition) is 2. The summed E-state index contributed by atoms with van der Waals surface area (Å²) in [6, 6.07) is 9.94. The molecule has 0 saturated carbocycles. The van der Waals surface area contributed by atoms with Gasteiger partial charge in [0.05, 0.1) is 5.56 Å². The number of nitrogens with one attached hydrogen (secondary N) is 1. The van der Waals surface area contributed by atoms with E-state index in [0.29, 0.717) is 5.56 Å². The molecule has 94 valence electrons. The van der Waals surface area contributed by atoms with Gasteiger partial charge < -0.3 is 5.32 Å². The summed E-state index contributed by atoms with van der Waals surface area (Å²) < 4.78 is 14.0. The number of carbonyl (C=O) groups is 1. The first-order valence-electron chi connectivity index (χ1n) is 5.62. The fourth-order valence-corrected chi connectivity index (χ4v) is 1.71. The Morgan fingerprint density at radius 3 is 2.63 bits per heavy atom. The number of nitrogens with zero attached hydrogens (tertiary/aromatic N) is 1. The predicted octanol–water partition coefficient (Wildman–Crippen LogP) is 2.23. The van der Waals surface area contributed by atoms with Crippen LogP contribution in [0.15, 0.2) is 36.4 Å². The molecule has 1 amide bonds. The van der Waals surface area contributed by atoms with Crippen molar-refractivity contribution in [1.82, 2.24) is 10.3 Å². The Kier molecular flexibility index (Phi) is 3.58. The van der Waals surface area contributed by atoms with Crippen molar-refractivity contribution in [2.45, 2.75) is 0 Å². The van der Waals surface area contributed by atoms with Crippen LogP contribution in [0, 0.1) is 18.2 Å². The van der Waals surface area contributed by atoms with Crippen LogP contribution in [0.4, 0.5) is 4.39 Å². The summed E-state index contributed by atoms with van der Waals surface area (Å²) >= 11 is 0. The maximum absolute atomic E-state index is 14.0. The molecule has 0 aliphatic heterocycles. The van der Waals surface area contributed by atoms with Gasteiger partial charge in [0.2, 0.25) is 0 Å². The molecule has 0 spiro atoms. The molecule has 1 N–H and O–H groups in total. The molecule has 0 unspecified atom stereocenters. The third-order valence-corrected chi connectivity index (χ3v) is 2.63. The minimum Gasteiger partial charge on any atom is -0.355 e. The van der Waals surface area contributed by atoms with Crippen LogP contribution >= 0.6 is 0 Å². The van der Waals surface area contributed by atoms with Crippen LogP contribution in [-0.2, 0) is 0 Å². The fraction of sp³-hybridized carbons (Fsp3) is 0.0667. The van der Waals surface area contributed by atoms with Crippen molar-refractivity contribution < 1.29 is 9.18 Å². The molecule has 19 heavy (non-hydrogen) atoms. The molecular weight excluding hydrogens is 243 g/mol. The minimum absolute atomic E-state index is 0.0576. The van der Waals surface area contributed by atoms with E-state index >= 15 is 0 Å². The number of carbonyl (C=O) groups excluding carboxylic acids is 1. The number of hydrogen-bond donors (Lipinski definition) is 1. The lowest BCUT2D eigenvalue weighted by Gasteiger charge is -2.07. The highest BCUT2D eigenvalue weighted by molar-refractivity contribution is 5.96. The summed E-state index contributed by atoms with van der Waals surface area (Å²) in [7, 11) is 1.45. The van der Waals surface area contributed by atoms with Gasteiger partial charge in [0, 0.05) is 12.6 Å². The lowest BCUT2D eigenvalue weighted by molar-refractivity contribution is 0.0962. The minimum atomic E-state index is -0.580. The van der Waals surface area contributed by atoms with Gasteiger partial charge in [0.15, 0.2) is 0 Å². The average molecular weight is 254 g/mol. The molecule has 2 aromatic rings. The normalized spacial score (nSPS) is 9.74. The van der Waals surface area contributed by atoms with Gasteiger partial charge in [0.25, 0.3) is 5.91 Å². The number of rotatable bonds is 2. The first-order chi connectivity index (χ1) is 9.17. The second-order valence-corrected chi connectivity index (χ2v) is 3.80. The van der Waals surface area contributed by atoms with Crippen molar-refractivity contribution in [1.29, 1.82) is 0 Å². The van der Waals surface area contributed by atoms with Gasteiger partial charge in [-0.3, -0.25) is 4.79 Å². The van der Waals surface area contributed by atoms with Crippen LogP contribution in [0.3, 0.4) is 0 Å². The Morgan fingerprint density at radius 1 is 1.37 bits per heavy atom. The third-order valence-electron chi connectivity index (χ3n) is 2.63. The molecule has 0 aliphatic carbocycles. The topological polar surface area (TPSA) is 42.0 Å². The van der Waals surface area contributed by atoms with E-state index in [2.05, 4.69) is 16.2 Å². The highest BCUT2D eigenvalue weighted by Crippen LogP contribution is 2.22.